The first-order valence-corrected chi connectivity index (χ1v) is 6.75. The smallest absolute Gasteiger partial charge is 0.233 e. The SMILES string of the molecule is C[C@@H](O)CN1C(=O)CSC12CCCCC2. The number of nitrogens with zero attached hydrogens (tertiary/aromatic N) is 1. The van der Waals surface area contributed by atoms with Gasteiger partial charge in [-0.05, 0) is 19.8 Å². The van der Waals surface area contributed by atoms with Crippen molar-refractivity contribution in [1.29, 1.82) is 0 Å². The van der Waals surface area contributed by atoms with E-state index >= 15 is 0 Å². The third-order valence-electron chi connectivity index (χ3n) is 3.34. The first kappa shape index (κ1) is 11.3. The Hall–Kier alpha value is -0.220. The van der Waals surface area contributed by atoms with Crippen LogP contribution in [0.15, 0.2) is 0 Å². The molecule has 1 aliphatic heterocycles. The number of thioether (sulfide) groups is 1. The molecule has 2 aliphatic rings. The van der Waals surface area contributed by atoms with Crippen LogP contribution in [0, 0.1) is 0 Å². The molecule has 0 aromatic carbocycles. The standard InChI is InChI=1S/C11H19NO2S/c1-9(13)7-12-10(14)8-15-11(12)5-3-2-4-6-11/h9,13H,2-8H2,1H3/t9-/m1/s1. The summed E-state index contributed by atoms with van der Waals surface area (Å²) in [4.78, 5) is 13.7. The topological polar surface area (TPSA) is 40.5 Å². The zero-order valence-corrected chi connectivity index (χ0v) is 10.1. The van der Waals surface area contributed by atoms with Crippen LogP contribution in [0.3, 0.4) is 0 Å². The summed E-state index contributed by atoms with van der Waals surface area (Å²) in [6.07, 6.45) is 5.53. The number of hydrogen-bond acceptors (Lipinski definition) is 3. The molecule has 15 heavy (non-hydrogen) atoms. The van der Waals surface area contributed by atoms with Crippen molar-refractivity contribution >= 4 is 17.7 Å². The van der Waals surface area contributed by atoms with Gasteiger partial charge in [0, 0.05) is 6.54 Å². The molecule has 1 atom stereocenters. The number of aliphatic hydroxyl groups is 1. The summed E-state index contributed by atoms with van der Waals surface area (Å²) in [6.45, 7) is 2.26. The van der Waals surface area contributed by atoms with E-state index in [0.717, 1.165) is 12.8 Å². The Bertz CT molecular complexity index is 249. The van der Waals surface area contributed by atoms with E-state index < -0.39 is 6.10 Å². The van der Waals surface area contributed by atoms with Gasteiger partial charge in [-0.1, -0.05) is 19.3 Å². The van der Waals surface area contributed by atoms with Crippen molar-refractivity contribution in [2.75, 3.05) is 12.3 Å². The maximum absolute atomic E-state index is 11.8. The molecule has 1 aliphatic carbocycles. The molecule has 0 radical (unpaired) electrons. The quantitative estimate of drug-likeness (QED) is 0.782. The summed E-state index contributed by atoms with van der Waals surface area (Å²) in [5.74, 6) is 0.815. The summed E-state index contributed by atoms with van der Waals surface area (Å²) >= 11 is 1.79. The predicted molar refractivity (Wildman–Crippen MR) is 61.7 cm³/mol. The number of rotatable bonds is 2. The van der Waals surface area contributed by atoms with Crippen molar-refractivity contribution in [3.63, 3.8) is 0 Å². The lowest BCUT2D eigenvalue weighted by atomic mass is 9.93. The average Bonchev–Trinajstić information content (AvgIpc) is 2.48. The van der Waals surface area contributed by atoms with Gasteiger partial charge in [0.15, 0.2) is 0 Å². The zero-order valence-electron chi connectivity index (χ0n) is 9.24. The third-order valence-corrected chi connectivity index (χ3v) is 4.90. The molecule has 1 heterocycles. The molecular formula is C11H19NO2S. The summed E-state index contributed by atoms with van der Waals surface area (Å²) in [7, 11) is 0. The van der Waals surface area contributed by atoms with Crippen LogP contribution in [0.1, 0.15) is 39.0 Å². The minimum atomic E-state index is -0.411. The minimum Gasteiger partial charge on any atom is -0.392 e. The molecule has 2 rings (SSSR count). The Morgan fingerprint density at radius 1 is 1.47 bits per heavy atom. The largest absolute Gasteiger partial charge is 0.392 e. The van der Waals surface area contributed by atoms with E-state index in [-0.39, 0.29) is 10.8 Å². The molecule has 1 spiro atoms. The lowest BCUT2D eigenvalue weighted by Crippen LogP contribution is -2.48. The Labute approximate surface area is 95.2 Å². The van der Waals surface area contributed by atoms with Gasteiger partial charge >= 0.3 is 0 Å². The van der Waals surface area contributed by atoms with Crippen molar-refractivity contribution in [2.24, 2.45) is 0 Å². The fraction of sp³-hybridized carbons (Fsp3) is 0.909. The van der Waals surface area contributed by atoms with Crippen LogP contribution in [0.4, 0.5) is 0 Å². The van der Waals surface area contributed by atoms with Gasteiger partial charge in [0.25, 0.3) is 0 Å². The lowest BCUT2D eigenvalue weighted by Gasteiger charge is -2.41. The van der Waals surface area contributed by atoms with Gasteiger partial charge in [0.2, 0.25) is 5.91 Å². The molecule has 3 nitrogen and oxygen atoms in total. The van der Waals surface area contributed by atoms with Crippen LogP contribution >= 0.6 is 11.8 Å². The Kier molecular flexibility index (Phi) is 3.26. The Morgan fingerprint density at radius 3 is 2.73 bits per heavy atom. The van der Waals surface area contributed by atoms with Gasteiger partial charge in [-0.25, -0.2) is 0 Å². The molecule has 2 fully saturated rings. The number of hydrogen-bond donors (Lipinski definition) is 1. The number of aliphatic hydroxyl groups excluding tert-OH is 1. The van der Waals surface area contributed by atoms with Crippen molar-refractivity contribution in [2.45, 2.75) is 50.0 Å². The third kappa shape index (κ3) is 2.16. The molecule has 1 saturated carbocycles. The maximum atomic E-state index is 11.8. The van der Waals surface area contributed by atoms with Crippen LogP contribution < -0.4 is 0 Å². The number of carbonyl (C=O) groups excluding carboxylic acids is 1. The van der Waals surface area contributed by atoms with Gasteiger partial charge in [-0.3, -0.25) is 4.79 Å². The van der Waals surface area contributed by atoms with E-state index in [9.17, 15) is 9.90 Å². The average molecular weight is 229 g/mol. The maximum Gasteiger partial charge on any atom is 0.233 e. The predicted octanol–water partition coefficient (Wildman–Crippen LogP) is 1.60. The number of carbonyl (C=O) groups is 1. The summed E-state index contributed by atoms with van der Waals surface area (Å²) < 4.78 is 0. The van der Waals surface area contributed by atoms with Gasteiger partial charge < -0.3 is 10.0 Å². The van der Waals surface area contributed by atoms with E-state index in [4.69, 9.17) is 0 Å². The van der Waals surface area contributed by atoms with Crippen LogP contribution in [-0.2, 0) is 4.79 Å². The zero-order chi connectivity index (χ0) is 10.9. The second-order valence-electron chi connectivity index (χ2n) is 4.65. The molecule has 0 aromatic heterocycles. The number of β-amino-alcohol motifs (C(OH)–C–C–N with tert-alkyl or cyclic N) is 1. The van der Waals surface area contributed by atoms with Gasteiger partial charge in [-0.2, -0.15) is 0 Å². The molecule has 1 amide bonds. The molecule has 1 N–H and O–H groups in total. The van der Waals surface area contributed by atoms with Crippen molar-refractivity contribution in [1.82, 2.24) is 4.90 Å². The second-order valence-corrected chi connectivity index (χ2v) is 5.99. The van der Waals surface area contributed by atoms with Crippen LogP contribution in [0.25, 0.3) is 0 Å². The molecular weight excluding hydrogens is 210 g/mol. The highest BCUT2D eigenvalue weighted by molar-refractivity contribution is 8.01. The fourth-order valence-electron chi connectivity index (χ4n) is 2.63. The van der Waals surface area contributed by atoms with Gasteiger partial charge in [0.1, 0.15) is 0 Å². The van der Waals surface area contributed by atoms with Crippen LogP contribution in [-0.4, -0.2) is 39.2 Å². The molecule has 0 bridgehead atoms. The van der Waals surface area contributed by atoms with Crippen LogP contribution in [0.5, 0.6) is 0 Å². The Balaban J connectivity index is 2.11. The molecule has 0 unspecified atom stereocenters. The van der Waals surface area contributed by atoms with Gasteiger partial charge in [0.05, 0.1) is 16.7 Å². The van der Waals surface area contributed by atoms with Crippen molar-refractivity contribution < 1.29 is 9.90 Å². The molecule has 86 valence electrons. The fourth-order valence-corrected chi connectivity index (χ4v) is 4.09. The molecule has 4 heteroatoms. The first-order chi connectivity index (χ1) is 7.14. The van der Waals surface area contributed by atoms with Gasteiger partial charge in [-0.15, -0.1) is 11.8 Å². The molecule has 0 aromatic rings. The van der Waals surface area contributed by atoms with Crippen molar-refractivity contribution in [3.8, 4) is 0 Å². The van der Waals surface area contributed by atoms with Crippen LogP contribution in [0.2, 0.25) is 0 Å². The summed E-state index contributed by atoms with van der Waals surface area (Å²) in [5, 5.41) is 9.44. The van der Waals surface area contributed by atoms with Crippen molar-refractivity contribution in [3.05, 3.63) is 0 Å². The monoisotopic (exact) mass is 229 g/mol. The highest BCUT2D eigenvalue weighted by Gasteiger charge is 2.46. The lowest BCUT2D eigenvalue weighted by molar-refractivity contribution is -0.132. The summed E-state index contributed by atoms with van der Waals surface area (Å²) in [6, 6.07) is 0. The highest BCUT2D eigenvalue weighted by atomic mass is 32.2. The van der Waals surface area contributed by atoms with E-state index in [2.05, 4.69) is 0 Å². The molecule has 1 saturated heterocycles. The highest BCUT2D eigenvalue weighted by Crippen LogP contribution is 2.46. The van der Waals surface area contributed by atoms with E-state index in [1.807, 2.05) is 4.90 Å². The second kappa shape index (κ2) is 4.34. The Morgan fingerprint density at radius 2 is 2.13 bits per heavy atom. The summed E-state index contributed by atoms with van der Waals surface area (Å²) in [5.41, 5.74) is 0. The first-order valence-electron chi connectivity index (χ1n) is 5.76. The normalized spacial score (nSPS) is 27.3. The van der Waals surface area contributed by atoms with E-state index in [1.54, 1.807) is 18.7 Å². The minimum absolute atomic E-state index is 0.0341. The van der Waals surface area contributed by atoms with E-state index in [1.165, 1.54) is 19.3 Å². The number of amides is 1. The van der Waals surface area contributed by atoms with E-state index in [0.29, 0.717) is 12.3 Å².